The SMILES string of the molecule is c1ccc(CC2N[PH]3(N[C@@H](Cc4ccccc4)C(c4ccccc4)(c4ccccc4)N3)NC2(c2ccccc2)c2ccccc2)cc1. The second-order valence-corrected chi connectivity index (χ2v) is 15.4. The molecule has 0 aromatic heterocycles. The Bertz CT molecular complexity index is 1670. The third-order valence-electron chi connectivity index (χ3n) is 10.1. The number of hydrogen-bond acceptors (Lipinski definition) is 4. The van der Waals surface area contributed by atoms with Crippen molar-refractivity contribution in [2.24, 2.45) is 0 Å². The number of benzene rings is 6. The van der Waals surface area contributed by atoms with Gasteiger partial charge in [0.15, 0.2) is 0 Å². The monoisotopic (exact) mass is 632 g/mol. The van der Waals surface area contributed by atoms with Gasteiger partial charge in [-0.25, -0.2) is 0 Å². The summed E-state index contributed by atoms with van der Waals surface area (Å²) in [5.41, 5.74) is 6.65. The molecule has 8 rings (SSSR count). The van der Waals surface area contributed by atoms with Gasteiger partial charge in [0.1, 0.15) is 0 Å². The van der Waals surface area contributed by atoms with E-state index in [9.17, 15) is 0 Å². The normalized spacial score (nSPS) is 21.4. The van der Waals surface area contributed by atoms with Crippen LogP contribution in [-0.4, -0.2) is 12.1 Å². The molecule has 234 valence electrons. The van der Waals surface area contributed by atoms with E-state index in [0.717, 1.165) is 12.8 Å². The molecular weight excluding hydrogens is 591 g/mol. The van der Waals surface area contributed by atoms with Gasteiger partial charge in [-0.3, -0.25) is 0 Å². The molecule has 6 aromatic rings. The van der Waals surface area contributed by atoms with E-state index in [1.807, 2.05) is 0 Å². The fourth-order valence-electron chi connectivity index (χ4n) is 8.06. The molecule has 2 aliphatic heterocycles. The molecule has 0 bridgehead atoms. The van der Waals surface area contributed by atoms with Crippen LogP contribution in [0.15, 0.2) is 182 Å². The van der Waals surface area contributed by atoms with Gasteiger partial charge in [-0.05, 0) is 0 Å². The molecule has 6 aromatic carbocycles. The van der Waals surface area contributed by atoms with E-state index in [1.54, 1.807) is 0 Å². The molecule has 47 heavy (non-hydrogen) atoms. The van der Waals surface area contributed by atoms with Crippen LogP contribution in [0.5, 0.6) is 0 Å². The predicted molar refractivity (Wildman–Crippen MR) is 196 cm³/mol. The maximum absolute atomic E-state index is 4.40. The van der Waals surface area contributed by atoms with Crippen molar-refractivity contribution in [3.05, 3.63) is 215 Å². The Labute approximate surface area is 278 Å². The summed E-state index contributed by atoms with van der Waals surface area (Å²) in [6.07, 6.45) is 1.73. The van der Waals surface area contributed by atoms with Crippen molar-refractivity contribution in [1.82, 2.24) is 20.3 Å². The molecule has 0 radical (unpaired) electrons. The summed E-state index contributed by atoms with van der Waals surface area (Å²) in [6.45, 7) is 0. The van der Waals surface area contributed by atoms with Crippen LogP contribution in [0.25, 0.3) is 0 Å². The molecule has 4 N–H and O–H groups in total. The first-order chi connectivity index (χ1) is 23.2. The van der Waals surface area contributed by atoms with Gasteiger partial charge in [0.2, 0.25) is 0 Å². The van der Waals surface area contributed by atoms with E-state index in [0.29, 0.717) is 0 Å². The van der Waals surface area contributed by atoms with Crippen LogP contribution in [0, 0.1) is 0 Å². The van der Waals surface area contributed by atoms with Crippen molar-refractivity contribution in [1.29, 1.82) is 0 Å². The van der Waals surface area contributed by atoms with E-state index in [4.69, 9.17) is 0 Å². The van der Waals surface area contributed by atoms with Crippen LogP contribution in [0.2, 0.25) is 0 Å². The van der Waals surface area contributed by atoms with Crippen molar-refractivity contribution in [3.8, 4) is 0 Å². The molecule has 2 fully saturated rings. The molecule has 1 unspecified atom stereocenters. The van der Waals surface area contributed by atoms with Gasteiger partial charge in [-0.2, -0.15) is 0 Å². The molecule has 0 saturated carbocycles. The second-order valence-electron chi connectivity index (χ2n) is 12.9. The predicted octanol–water partition coefficient (Wildman–Crippen LogP) is 7.89. The molecule has 2 saturated heterocycles. The summed E-state index contributed by atoms with van der Waals surface area (Å²) in [6, 6.07) is 66.0. The molecule has 1 spiro atoms. The third-order valence-corrected chi connectivity index (χ3v) is 13.2. The average molecular weight is 633 g/mol. The number of rotatable bonds is 8. The maximum atomic E-state index is 4.40. The first-order valence-electron chi connectivity index (χ1n) is 16.6. The zero-order valence-electron chi connectivity index (χ0n) is 26.4. The van der Waals surface area contributed by atoms with Gasteiger partial charge >= 0.3 is 280 Å². The molecule has 0 aliphatic carbocycles. The van der Waals surface area contributed by atoms with Crippen LogP contribution in [0.1, 0.15) is 33.4 Å². The zero-order valence-corrected chi connectivity index (χ0v) is 27.4. The summed E-state index contributed by atoms with van der Waals surface area (Å²) < 4.78 is 0. The first-order valence-corrected chi connectivity index (χ1v) is 18.6. The van der Waals surface area contributed by atoms with Crippen molar-refractivity contribution in [2.75, 3.05) is 0 Å². The topological polar surface area (TPSA) is 48.1 Å². The van der Waals surface area contributed by atoms with Crippen LogP contribution >= 0.6 is 7.87 Å². The first kappa shape index (κ1) is 30.0. The molecule has 2 atom stereocenters. The Kier molecular flexibility index (Phi) is 8.06. The molecule has 2 heterocycles. The van der Waals surface area contributed by atoms with Gasteiger partial charge in [0.05, 0.1) is 0 Å². The molecule has 0 amide bonds. The van der Waals surface area contributed by atoms with Crippen LogP contribution < -0.4 is 20.3 Å². The summed E-state index contributed by atoms with van der Waals surface area (Å²) in [5, 5.41) is 17.4. The number of hydrogen-bond donors (Lipinski definition) is 4. The van der Waals surface area contributed by atoms with Gasteiger partial charge in [0.25, 0.3) is 0 Å². The average Bonchev–Trinajstić information content (AvgIpc) is 3.64. The minimum atomic E-state index is -2.90. The van der Waals surface area contributed by atoms with Crippen molar-refractivity contribution < 1.29 is 0 Å². The van der Waals surface area contributed by atoms with Crippen LogP contribution in [-0.2, 0) is 23.9 Å². The number of nitrogens with one attached hydrogen (secondary N) is 4. The minimum absolute atomic E-state index is 0.0566. The van der Waals surface area contributed by atoms with Crippen molar-refractivity contribution in [2.45, 2.75) is 36.0 Å². The van der Waals surface area contributed by atoms with Gasteiger partial charge in [-0.1, -0.05) is 0 Å². The van der Waals surface area contributed by atoms with E-state index in [-0.39, 0.29) is 12.1 Å². The second kappa shape index (κ2) is 12.7. The fourth-order valence-corrected chi connectivity index (χ4v) is 12.3. The summed E-state index contributed by atoms with van der Waals surface area (Å²) in [7, 11) is -2.90. The summed E-state index contributed by atoms with van der Waals surface area (Å²) in [4.78, 5) is 0. The summed E-state index contributed by atoms with van der Waals surface area (Å²) in [5.74, 6) is 0. The Hall–Kier alpha value is -4.41. The standard InChI is InChI=1S/C42H41N4P/c1-7-19-33(20-8-1)31-39-41(35-23-11-3-12-24-35,36-25-13-4-14-26-36)45-47(43-39)44-40(32-34-21-9-2-10-22-34)42(46-47,37-27-15-5-16-28-37)38-29-17-6-18-30-38/h1-30,39-40,43-47H,31-32H2/t39-,40?/m0/s1. The fraction of sp³-hybridized carbons (Fsp3) is 0.143. The van der Waals surface area contributed by atoms with Crippen molar-refractivity contribution >= 4 is 7.87 Å². The Balaban J connectivity index is 1.33. The third kappa shape index (κ3) is 5.43. The van der Waals surface area contributed by atoms with E-state index < -0.39 is 18.9 Å². The van der Waals surface area contributed by atoms with Crippen LogP contribution in [0.4, 0.5) is 0 Å². The van der Waals surface area contributed by atoms with E-state index >= 15 is 0 Å². The summed E-state index contributed by atoms with van der Waals surface area (Å²) >= 11 is 0. The molecule has 5 heteroatoms. The van der Waals surface area contributed by atoms with Crippen molar-refractivity contribution in [3.63, 3.8) is 0 Å². The van der Waals surface area contributed by atoms with Gasteiger partial charge < -0.3 is 0 Å². The van der Waals surface area contributed by atoms with E-state index in [2.05, 4.69) is 202 Å². The molecule has 2 aliphatic rings. The quantitative estimate of drug-likeness (QED) is 0.129. The van der Waals surface area contributed by atoms with E-state index in [1.165, 1.54) is 33.4 Å². The Morgan fingerprint density at radius 3 is 0.894 bits per heavy atom. The van der Waals surface area contributed by atoms with Crippen LogP contribution in [0.3, 0.4) is 0 Å². The van der Waals surface area contributed by atoms with Gasteiger partial charge in [0, 0.05) is 0 Å². The molecular formula is C42H41N4P. The molecule has 4 nitrogen and oxygen atoms in total. The Morgan fingerprint density at radius 1 is 0.362 bits per heavy atom. The zero-order chi connectivity index (χ0) is 31.6. The Morgan fingerprint density at radius 2 is 0.617 bits per heavy atom. The van der Waals surface area contributed by atoms with Gasteiger partial charge in [-0.15, -0.1) is 0 Å².